The maximum atomic E-state index is 12.0. The minimum Gasteiger partial charge on any atom is -0.476 e. The number of thiazole rings is 1. The van der Waals surface area contributed by atoms with Gasteiger partial charge in [0.2, 0.25) is 5.71 Å². The molecule has 36 heavy (non-hydrogen) atoms. The maximum absolute atomic E-state index is 12.0. The monoisotopic (exact) mass is 497 g/mol. The maximum Gasteiger partial charge on any atom is 0.360 e. The van der Waals surface area contributed by atoms with Crippen LogP contribution in [0.3, 0.4) is 0 Å². The first-order valence-corrected chi connectivity index (χ1v) is 12.9. The lowest BCUT2D eigenvalue weighted by molar-refractivity contribution is -0.129. The standard InChI is InChI=1S/C29H27N3O3S/c33-27(34)26(32-35-24-18-10-11-19-24)25-20-36-28(30-25)31-29(21-12-4-1-5-13-21,22-14-6-2-7-15-22)23-16-8-3-9-17-23/h1-9,12-17,20,24H,10-11,18-19H2,(H,30,31)(H,33,34). The molecule has 0 spiro atoms. The molecule has 1 aliphatic rings. The summed E-state index contributed by atoms with van der Waals surface area (Å²) in [7, 11) is 0. The van der Waals surface area contributed by atoms with Crippen molar-refractivity contribution in [3.05, 3.63) is 119 Å². The Morgan fingerprint density at radius 1 is 0.889 bits per heavy atom. The second kappa shape index (κ2) is 10.7. The van der Waals surface area contributed by atoms with Gasteiger partial charge in [-0.3, -0.25) is 0 Å². The fraction of sp³-hybridized carbons (Fsp3) is 0.207. The molecule has 182 valence electrons. The van der Waals surface area contributed by atoms with E-state index < -0.39 is 11.5 Å². The van der Waals surface area contributed by atoms with Crippen LogP contribution in [0.4, 0.5) is 5.13 Å². The topological polar surface area (TPSA) is 83.8 Å². The van der Waals surface area contributed by atoms with E-state index in [2.05, 4.69) is 51.9 Å². The first-order valence-electron chi connectivity index (χ1n) is 12.0. The number of anilines is 1. The second-order valence-electron chi connectivity index (χ2n) is 8.77. The highest BCUT2D eigenvalue weighted by Gasteiger charge is 2.37. The fourth-order valence-electron chi connectivity index (χ4n) is 4.70. The predicted octanol–water partition coefficient (Wildman–Crippen LogP) is 6.30. The van der Waals surface area contributed by atoms with Gasteiger partial charge in [-0.15, -0.1) is 11.3 Å². The summed E-state index contributed by atoms with van der Waals surface area (Å²) >= 11 is 1.34. The zero-order valence-corrected chi connectivity index (χ0v) is 20.5. The highest BCUT2D eigenvalue weighted by Crippen LogP contribution is 2.40. The molecule has 4 aromatic rings. The summed E-state index contributed by atoms with van der Waals surface area (Å²) < 4.78 is 0. The smallest absolute Gasteiger partial charge is 0.360 e. The van der Waals surface area contributed by atoms with Crippen molar-refractivity contribution < 1.29 is 14.7 Å². The van der Waals surface area contributed by atoms with E-state index in [0.29, 0.717) is 5.13 Å². The molecule has 1 aliphatic carbocycles. The van der Waals surface area contributed by atoms with E-state index in [-0.39, 0.29) is 17.5 Å². The molecule has 0 unspecified atom stereocenters. The summed E-state index contributed by atoms with van der Waals surface area (Å²) in [4.78, 5) is 22.2. The summed E-state index contributed by atoms with van der Waals surface area (Å²) in [5, 5.41) is 19.8. The van der Waals surface area contributed by atoms with E-state index in [9.17, 15) is 9.90 Å². The molecule has 2 N–H and O–H groups in total. The molecule has 1 fully saturated rings. The summed E-state index contributed by atoms with van der Waals surface area (Å²) in [6, 6.07) is 30.6. The van der Waals surface area contributed by atoms with Gasteiger partial charge in [0.25, 0.3) is 0 Å². The number of hydrogen-bond acceptors (Lipinski definition) is 6. The van der Waals surface area contributed by atoms with Crippen molar-refractivity contribution in [3.63, 3.8) is 0 Å². The molecule has 0 saturated heterocycles. The number of nitrogens with one attached hydrogen (secondary N) is 1. The van der Waals surface area contributed by atoms with Gasteiger partial charge in [-0.25, -0.2) is 9.78 Å². The molecule has 7 heteroatoms. The van der Waals surface area contributed by atoms with Crippen LogP contribution in [0.15, 0.2) is 102 Å². The van der Waals surface area contributed by atoms with Crippen LogP contribution >= 0.6 is 11.3 Å². The van der Waals surface area contributed by atoms with Crippen LogP contribution in [0.1, 0.15) is 48.1 Å². The van der Waals surface area contributed by atoms with Gasteiger partial charge in [0.1, 0.15) is 17.3 Å². The van der Waals surface area contributed by atoms with Crippen molar-refractivity contribution in [1.29, 1.82) is 0 Å². The zero-order valence-electron chi connectivity index (χ0n) is 19.7. The predicted molar refractivity (Wildman–Crippen MR) is 142 cm³/mol. The first kappa shape index (κ1) is 23.8. The Hall–Kier alpha value is -3.97. The molecular weight excluding hydrogens is 470 g/mol. The van der Waals surface area contributed by atoms with E-state index >= 15 is 0 Å². The van der Waals surface area contributed by atoms with Crippen molar-refractivity contribution in [3.8, 4) is 0 Å². The van der Waals surface area contributed by atoms with Gasteiger partial charge in [-0.1, -0.05) is 96.2 Å². The number of aromatic nitrogens is 1. The van der Waals surface area contributed by atoms with Gasteiger partial charge in [-0.2, -0.15) is 0 Å². The lowest BCUT2D eigenvalue weighted by Crippen LogP contribution is -2.38. The number of aliphatic carboxylic acids is 1. The first-order chi connectivity index (χ1) is 17.7. The molecule has 5 rings (SSSR count). The average Bonchev–Trinajstić information content (AvgIpc) is 3.61. The molecule has 1 aromatic heterocycles. The Morgan fingerprint density at radius 3 is 1.86 bits per heavy atom. The van der Waals surface area contributed by atoms with Crippen LogP contribution in [0, 0.1) is 0 Å². The van der Waals surface area contributed by atoms with Gasteiger partial charge in [0.05, 0.1) is 0 Å². The normalized spacial score (nSPS) is 14.5. The number of carboxylic acid groups (broad SMARTS) is 1. The molecule has 0 aliphatic heterocycles. The van der Waals surface area contributed by atoms with Crippen LogP contribution < -0.4 is 5.32 Å². The van der Waals surface area contributed by atoms with Gasteiger partial charge in [0.15, 0.2) is 5.13 Å². The lowest BCUT2D eigenvalue weighted by Gasteiger charge is -2.36. The van der Waals surface area contributed by atoms with Gasteiger partial charge in [0, 0.05) is 5.38 Å². The molecule has 0 amide bonds. The third-order valence-corrected chi connectivity index (χ3v) is 7.22. The Balaban J connectivity index is 1.57. The molecule has 0 radical (unpaired) electrons. The Kier molecular flexibility index (Phi) is 7.09. The fourth-order valence-corrected chi connectivity index (χ4v) is 5.45. The van der Waals surface area contributed by atoms with Crippen molar-refractivity contribution in [1.82, 2.24) is 4.98 Å². The van der Waals surface area contributed by atoms with E-state index in [1.807, 2.05) is 54.6 Å². The minimum atomic E-state index is -1.16. The van der Waals surface area contributed by atoms with Crippen molar-refractivity contribution in [2.45, 2.75) is 37.3 Å². The van der Waals surface area contributed by atoms with E-state index in [1.54, 1.807) is 5.38 Å². The van der Waals surface area contributed by atoms with Crippen LogP contribution in [0.25, 0.3) is 0 Å². The van der Waals surface area contributed by atoms with E-state index in [0.717, 1.165) is 42.4 Å². The molecule has 0 atom stereocenters. The van der Waals surface area contributed by atoms with Crippen LogP contribution in [0.5, 0.6) is 0 Å². The minimum absolute atomic E-state index is 0.0301. The molecule has 1 saturated carbocycles. The average molecular weight is 498 g/mol. The highest BCUT2D eigenvalue weighted by molar-refractivity contribution is 7.14. The van der Waals surface area contributed by atoms with Crippen molar-refractivity contribution in [2.75, 3.05) is 5.32 Å². The van der Waals surface area contributed by atoms with Crippen molar-refractivity contribution in [2.24, 2.45) is 5.16 Å². The van der Waals surface area contributed by atoms with E-state index in [4.69, 9.17) is 4.84 Å². The largest absolute Gasteiger partial charge is 0.476 e. The SMILES string of the molecule is O=C(O)C(=NOC1CCCC1)c1csc(NC(c2ccccc2)(c2ccccc2)c2ccccc2)n1. The summed E-state index contributed by atoms with van der Waals surface area (Å²) in [5.41, 5.74) is 2.45. The van der Waals surface area contributed by atoms with Gasteiger partial charge < -0.3 is 15.3 Å². The third kappa shape index (κ3) is 4.88. The van der Waals surface area contributed by atoms with E-state index in [1.165, 1.54) is 11.3 Å². The van der Waals surface area contributed by atoms with Gasteiger partial charge in [-0.05, 0) is 42.4 Å². The summed E-state index contributed by atoms with van der Waals surface area (Å²) in [5.74, 6) is -1.16. The highest BCUT2D eigenvalue weighted by atomic mass is 32.1. The Labute approximate surface area is 214 Å². The van der Waals surface area contributed by atoms with Crippen molar-refractivity contribution >= 4 is 28.1 Å². The molecular formula is C29H27N3O3S. The molecule has 3 aromatic carbocycles. The molecule has 6 nitrogen and oxygen atoms in total. The molecule has 1 heterocycles. The van der Waals surface area contributed by atoms with Crippen LogP contribution in [0.2, 0.25) is 0 Å². The number of hydrogen-bond donors (Lipinski definition) is 2. The Bertz CT molecular complexity index is 1220. The Morgan fingerprint density at radius 2 is 1.39 bits per heavy atom. The third-order valence-electron chi connectivity index (χ3n) is 6.46. The lowest BCUT2D eigenvalue weighted by atomic mass is 9.77. The quantitative estimate of drug-likeness (QED) is 0.161. The zero-order chi connectivity index (χ0) is 24.8. The number of nitrogens with zero attached hydrogens (tertiary/aromatic N) is 2. The number of rotatable bonds is 9. The number of oxime groups is 1. The molecule has 0 bridgehead atoms. The van der Waals surface area contributed by atoms with Crippen LogP contribution in [-0.4, -0.2) is 27.9 Å². The summed E-state index contributed by atoms with van der Waals surface area (Å²) in [6.45, 7) is 0. The number of carboxylic acids is 1. The second-order valence-corrected chi connectivity index (χ2v) is 9.63. The number of benzene rings is 3. The summed E-state index contributed by atoms with van der Waals surface area (Å²) in [6.07, 6.45) is 3.92. The van der Waals surface area contributed by atoms with Crippen LogP contribution in [-0.2, 0) is 15.2 Å². The number of carbonyl (C=O) groups is 1. The van der Waals surface area contributed by atoms with Gasteiger partial charge >= 0.3 is 5.97 Å².